The monoisotopic (exact) mass is 410 g/mol. The third-order valence-electron chi connectivity index (χ3n) is 5.07. The van der Waals surface area contributed by atoms with Crippen molar-refractivity contribution in [3.63, 3.8) is 0 Å². The number of benzene rings is 1. The van der Waals surface area contributed by atoms with Crippen LogP contribution in [0.4, 0.5) is 19.0 Å². The maximum absolute atomic E-state index is 13.7. The summed E-state index contributed by atoms with van der Waals surface area (Å²) in [7, 11) is 1.51. The molecule has 2 heterocycles. The minimum atomic E-state index is -4.48. The summed E-state index contributed by atoms with van der Waals surface area (Å²) in [4.78, 5) is 12.6. The summed E-state index contributed by atoms with van der Waals surface area (Å²) in [5.41, 5.74) is 1.93. The van der Waals surface area contributed by atoms with Gasteiger partial charge >= 0.3 is 6.18 Å². The molecule has 2 N–H and O–H groups in total. The molecule has 2 aromatic rings. The van der Waals surface area contributed by atoms with Gasteiger partial charge in [0.1, 0.15) is 11.4 Å². The van der Waals surface area contributed by atoms with Gasteiger partial charge in [0.2, 0.25) is 0 Å². The molecule has 0 saturated carbocycles. The van der Waals surface area contributed by atoms with Crippen LogP contribution in [0.1, 0.15) is 53.8 Å². The van der Waals surface area contributed by atoms with Crippen molar-refractivity contribution in [2.75, 3.05) is 19.0 Å². The number of nitrogens with zero attached hydrogens (tertiary/aromatic N) is 2. The summed E-state index contributed by atoms with van der Waals surface area (Å²) in [6.07, 6.45) is -2.66. The van der Waals surface area contributed by atoms with Gasteiger partial charge in [0.25, 0.3) is 5.91 Å². The highest BCUT2D eigenvalue weighted by molar-refractivity contribution is 5.99. The van der Waals surface area contributed by atoms with E-state index in [1.165, 1.54) is 13.3 Å². The number of aromatic nitrogens is 2. The lowest BCUT2D eigenvalue weighted by Crippen LogP contribution is -2.38. The van der Waals surface area contributed by atoms with Crippen LogP contribution in [0.2, 0.25) is 0 Å². The second-order valence-electron chi connectivity index (χ2n) is 7.27. The smallest absolute Gasteiger partial charge is 0.383 e. The lowest BCUT2D eigenvalue weighted by atomic mass is 9.95. The molecule has 0 bridgehead atoms. The summed E-state index contributed by atoms with van der Waals surface area (Å²) < 4.78 is 47.1. The molecular formula is C20H25F3N4O2. The Morgan fingerprint density at radius 3 is 2.66 bits per heavy atom. The second-order valence-corrected chi connectivity index (χ2v) is 7.27. The maximum atomic E-state index is 13.7. The first-order valence-electron chi connectivity index (χ1n) is 9.54. The minimum Gasteiger partial charge on any atom is -0.383 e. The third-order valence-corrected chi connectivity index (χ3v) is 5.07. The van der Waals surface area contributed by atoms with Gasteiger partial charge in [-0.2, -0.15) is 18.3 Å². The lowest BCUT2D eigenvalue weighted by Gasteiger charge is -2.34. The van der Waals surface area contributed by atoms with Crippen LogP contribution < -0.4 is 10.6 Å². The van der Waals surface area contributed by atoms with Crippen molar-refractivity contribution >= 4 is 11.7 Å². The summed E-state index contributed by atoms with van der Waals surface area (Å²) in [6, 6.07) is 4.79. The molecule has 6 nitrogen and oxygen atoms in total. The van der Waals surface area contributed by atoms with Crippen LogP contribution in [0.3, 0.4) is 0 Å². The minimum absolute atomic E-state index is 0.0743. The Kier molecular flexibility index (Phi) is 6.16. The van der Waals surface area contributed by atoms with E-state index in [1.54, 1.807) is 6.92 Å². The van der Waals surface area contributed by atoms with Gasteiger partial charge < -0.3 is 15.4 Å². The molecule has 9 heteroatoms. The van der Waals surface area contributed by atoms with Crippen LogP contribution in [-0.4, -0.2) is 41.6 Å². The third kappa shape index (κ3) is 4.55. The predicted octanol–water partition coefficient (Wildman–Crippen LogP) is 3.87. The van der Waals surface area contributed by atoms with E-state index < -0.39 is 24.2 Å². The fourth-order valence-corrected chi connectivity index (χ4v) is 3.53. The molecule has 158 valence electrons. The second kappa shape index (κ2) is 8.44. The maximum Gasteiger partial charge on any atom is 0.410 e. The number of rotatable bonds is 6. The number of hydrogen-bond donors (Lipinski definition) is 2. The Bertz CT molecular complexity index is 848. The van der Waals surface area contributed by atoms with Crippen LogP contribution in [0.15, 0.2) is 30.5 Å². The Hall–Kier alpha value is -2.55. The SMILES string of the molecule is CCc1ccc([C@@H]2C[C@@H](C(F)(F)F)n3ncc(C(=O)N[C@H](C)COC)c3N2)cc1. The molecule has 0 spiro atoms. The van der Waals surface area contributed by atoms with Crippen molar-refractivity contribution in [3.8, 4) is 0 Å². The number of methoxy groups -OCH3 is 1. The van der Waals surface area contributed by atoms with Crippen molar-refractivity contribution in [3.05, 3.63) is 47.2 Å². The lowest BCUT2D eigenvalue weighted by molar-refractivity contribution is -0.173. The number of hydrogen-bond acceptors (Lipinski definition) is 4. The molecule has 3 atom stereocenters. The van der Waals surface area contributed by atoms with Crippen molar-refractivity contribution in [2.45, 2.75) is 51.0 Å². The standard InChI is InChI=1S/C20H25F3N4O2/c1-4-13-5-7-14(8-6-13)16-9-17(20(21,22)23)27-18(26-16)15(10-24-27)19(28)25-12(2)11-29-3/h5-8,10,12,16-17,26H,4,9,11H2,1-3H3,(H,25,28)/t12-,16+,17+/m1/s1. The topological polar surface area (TPSA) is 68.2 Å². The molecule has 3 rings (SSSR count). The molecular weight excluding hydrogens is 385 g/mol. The van der Waals surface area contributed by atoms with E-state index in [9.17, 15) is 18.0 Å². The van der Waals surface area contributed by atoms with E-state index in [2.05, 4.69) is 15.7 Å². The zero-order valence-corrected chi connectivity index (χ0v) is 16.6. The van der Waals surface area contributed by atoms with E-state index >= 15 is 0 Å². The van der Waals surface area contributed by atoms with Crippen LogP contribution in [-0.2, 0) is 11.2 Å². The molecule has 1 aliphatic rings. The molecule has 0 fully saturated rings. The normalized spacial score (nSPS) is 19.9. The molecule has 0 saturated heterocycles. The fraction of sp³-hybridized carbons (Fsp3) is 0.500. The highest BCUT2D eigenvalue weighted by Gasteiger charge is 2.47. The molecule has 0 unspecified atom stereocenters. The van der Waals surface area contributed by atoms with Crippen LogP contribution in [0, 0.1) is 0 Å². The molecule has 1 aliphatic heterocycles. The summed E-state index contributed by atoms with van der Waals surface area (Å²) in [5, 5.41) is 9.69. The Balaban J connectivity index is 1.93. The zero-order chi connectivity index (χ0) is 21.2. The van der Waals surface area contributed by atoms with Gasteiger partial charge in [-0.25, -0.2) is 4.68 Å². The van der Waals surface area contributed by atoms with E-state index in [-0.39, 0.29) is 23.8 Å². The van der Waals surface area contributed by atoms with Gasteiger partial charge in [-0.15, -0.1) is 0 Å². The predicted molar refractivity (Wildman–Crippen MR) is 103 cm³/mol. The number of amides is 1. The van der Waals surface area contributed by atoms with Crippen molar-refractivity contribution < 1.29 is 22.7 Å². The van der Waals surface area contributed by atoms with Crippen LogP contribution in [0.25, 0.3) is 0 Å². The summed E-state index contributed by atoms with van der Waals surface area (Å²) in [6.45, 7) is 4.06. The van der Waals surface area contributed by atoms with Gasteiger partial charge in [0.05, 0.1) is 18.8 Å². The summed E-state index contributed by atoms with van der Waals surface area (Å²) >= 11 is 0. The molecule has 0 aliphatic carbocycles. The first-order valence-corrected chi connectivity index (χ1v) is 9.54. The zero-order valence-electron chi connectivity index (χ0n) is 16.6. The highest BCUT2D eigenvalue weighted by atomic mass is 19.4. The molecule has 1 aromatic carbocycles. The number of carbonyl (C=O) groups excluding carboxylic acids is 1. The van der Waals surface area contributed by atoms with Crippen molar-refractivity contribution in [1.82, 2.24) is 15.1 Å². The van der Waals surface area contributed by atoms with E-state index in [0.717, 1.165) is 22.2 Å². The molecule has 29 heavy (non-hydrogen) atoms. The number of alkyl halides is 3. The number of halogens is 3. The largest absolute Gasteiger partial charge is 0.410 e. The van der Waals surface area contributed by atoms with E-state index in [1.807, 2.05) is 31.2 Å². The number of aryl methyl sites for hydroxylation is 1. The van der Waals surface area contributed by atoms with Crippen LogP contribution >= 0.6 is 0 Å². The van der Waals surface area contributed by atoms with Gasteiger partial charge in [0, 0.05) is 19.6 Å². The van der Waals surface area contributed by atoms with Gasteiger partial charge in [-0.3, -0.25) is 4.79 Å². The Morgan fingerprint density at radius 1 is 1.38 bits per heavy atom. The fourth-order valence-electron chi connectivity index (χ4n) is 3.53. The van der Waals surface area contributed by atoms with E-state index in [4.69, 9.17) is 4.74 Å². The number of fused-ring (bicyclic) bond motifs is 1. The van der Waals surface area contributed by atoms with Gasteiger partial charge in [-0.05, 0) is 24.5 Å². The van der Waals surface area contributed by atoms with Crippen LogP contribution in [0.5, 0.6) is 0 Å². The Labute approximate surface area is 167 Å². The van der Waals surface area contributed by atoms with E-state index in [0.29, 0.717) is 6.61 Å². The average Bonchev–Trinajstić information content (AvgIpc) is 3.10. The quantitative estimate of drug-likeness (QED) is 0.759. The number of anilines is 1. The van der Waals surface area contributed by atoms with Crippen molar-refractivity contribution in [2.24, 2.45) is 0 Å². The molecule has 0 radical (unpaired) electrons. The molecule has 1 aromatic heterocycles. The Morgan fingerprint density at radius 2 is 2.07 bits per heavy atom. The summed E-state index contributed by atoms with van der Waals surface area (Å²) in [5.74, 6) is -0.420. The first kappa shape index (κ1) is 21.2. The number of nitrogens with one attached hydrogen (secondary N) is 2. The highest BCUT2D eigenvalue weighted by Crippen LogP contribution is 2.44. The molecule has 1 amide bonds. The average molecular weight is 410 g/mol. The first-order chi connectivity index (χ1) is 13.7. The number of ether oxygens (including phenoxy) is 1. The van der Waals surface area contributed by atoms with Crippen molar-refractivity contribution in [1.29, 1.82) is 0 Å². The number of carbonyl (C=O) groups is 1. The van der Waals surface area contributed by atoms with Gasteiger partial charge in [0.15, 0.2) is 6.04 Å². The van der Waals surface area contributed by atoms with Gasteiger partial charge in [-0.1, -0.05) is 31.2 Å².